The highest BCUT2D eigenvalue weighted by Crippen LogP contribution is 2.19. The largest absolute Gasteiger partial charge is 0.351 e. The first-order valence-electron chi connectivity index (χ1n) is 12.9. The molecule has 174 valence electrons. The minimum Gasteiger partial charge on any atom is -0.351 e. The molecule has 0 saturated carbocycles. The van der Waals surface area contributed by atoms with E-state index in [9.17, 15) is 4.79 Å². The number of aliphatic imine (C=N–C) groups is 1. The van der Waals surface area contributed by atoms with Gasteiger partial charge in [-0.15, -0.1) is 0 Å². The van der Waals surface area contributed by atoms with Crippen LogP contribution in [0.25, 0.3) is 0 Å². The summed E-state index contributed by atoms with van der Waals surface area (Å²) >= 11 is 0. The Balaban J connectivity index is 2.04. The molecule has 4 nitrogen and oxygen atoms in total. The van der Waals surface area contributed by atoms with Crippen LogP contribution in [-0.4, -0.2) is 48.9 Å². The number of likely N-dealkylation sites (N-methyl/N-ethyl adjacent to an activating group) is 1. The monoisotopic (exact) mass is 420 g/mol. The van der Waals surface area contributed by atoms with E-state index in [4.69, 9.17) is 4.99 Å². The Morgan fingerprint density at radius 2 is 1.53 bits per heavy atom. The lowest BCUT2D eigenvalue weighted by Gasteiger charge is -2.33. The lowest BCUT2D eigenvalue weighted by molar-refractivity contribution is -0.833. The van der Waals surface area contributed by atoms with Crippen LogP contribution in [0.4, 0.5) is 0 Å². The zero-order chi connectivity index (χ0) is 21.9. The Morgan fingerprint density at radius 1 is 0.933 bits per heavy atom. The van der Waals surface area contributed by atoms with Crippen molar-refractivity contribution in [3.05, 3.63) is 12.2 Å². The molecule has 0 spiro atoms. The van der Waals surface area contributed by atoms with Crippen LogP contribution in [0, 0.1) is 0 Å². The molecular formula is C26H50N3O+. The normalized spacial score (nSPS) is 18.8. The summed E-state index contributed by atoms with van der Waals surface area (Å²) in [6, 6.07) is 0. The van der Waals surface area contributed by atoms with E-state index in [1.54, 1.807) is 6.92 Å². The second-order valence-electron chi connectivity index (χ2n) is 9.02. The zero-order valence-electron chi connectivity index (χ0n) is 20.4. The summed E-state index contributed by atoms with van der Waals surface area (Å²) in [6.07, 6.45) is 23.5. The summed E-state index contributed by atoms with van der Waals surface area (Å²) in [7, 11) is 0. The standard InChI is InChI=1S/C26H49N3O/c1-4-6-7-8-9-10-11-12-13-14-15-16-17-18-19-20-26-28-22-24-29(26,5-2)23-21-27-25(3)30/h15-16H,4-14,17-24H2,1-3H3/p+1/b16-15+. The van der Waals surface area contributed by atoms with E-state index in [2.05, 4.69) is 31.3 Å². The molecule has 30 heavy (non-hydrogen) atoms. The molecule has 1 unspecified atom stereocenters. The van der Waals surface area contributed by atoms with Crippen molar-refractivity contribution in [1.82, 2.24) is 5.32 Å². The minimum atomic E-state index is 0.0659. The number of amidine groups is 1. The smallest absolute Gasteiger partial charge is 0.217 e. The van der Waals surface area contributed by atoms with Gasteiger partial charge in [-0.05, 0) is 39.0 Å². The molecule has 0 aromatic heterocycles. The van der Waals surface area contributed by atoms with Gasteiger partial charge in [0.05, 0.1) is 19.6 Å². The molecule has 0 aliphatic carbocycles. The van der Waals surface area contributed by atoms with E-state index in [0.29, 0.717) is 0 Å². The van der Waals surface area contributed by atoms with Crippen LogP contribution in [0.5, 0.6) is 0 Å². The van der Waals surface area contributed by atoms with Gasteiger partial charge in [0.15, 0.2) is 5.84 Å². The fourth-order valence-corrected chi connectivity index (χ4v) is 4.51. The van der Waals surface area contributed by atoms with Gasteiger partial charge in [-0.1, -0.05) is 70.4 Å². The molecule has 0 radical (unpaired) electrons. The number of hydrogen-bond donors (Lipinski definition) is 1. The predicted molar refractivity (Wildman–Crippen MR) is 131 cm³/mol. The summed E-state index contributed by atoms with van der Waals surface area (Å²) in [4.78, 5) is 16.0. The Labute approximate surface area is 187 Å². The first-order valence-corrected chi connectivity index (χ1v) is 12.9. The Kier molecular flexibility index (Phi) is 15.7. The fourth-order valence-electron chi connectivity index (χ4n) is 4.51. The third-order valence-corrected chi connectivity index (χ3v) is 6.55. The molecule has 1 atom stereocenters. The van der Waals surface area contributed by atoms with Crippen LogP contribution < -0.4 is 5.32 Å². The maximum atomic E-state index is 11.2. The number of carbonyl (C=O) groups is 1. The molecule has 0 aromatic carbocycles. The highest BCUT2D eigenvalue weighted by molar-refractivity contribution is 5.77. The number of rotatable bonds is 19. The Morgan fingerprint density at radius 3 is 2.13 bits per heavy atom. The van der Waals surface area contributed by atoms with Gasteiger partial charge < -0.3 is 5.32 Å². The average Bonchev–Trinajstić information content (AvgIpc) is 3.13. The number of carbonyl (C=O) groups excluding carboxylic acids is 1. The number of nitrogens with one attached hydrogen (secondary N) is 1. The van der Waals surface area contributed by atoms with Crippen molar-refractivity contribution < 1.29 is 9.28 Å². The van der Waals surface area contributed by atoms with Gasteiger partial charge >= 0.3 is 0 Å². The second-order valence-corrected chi connectivity index (χ2v) is 9.02. The molecule has 1 N–H and O–H groups in total. The van der Waals surface area contributed by atoms with Gasteiger partial charge in [0.2, 0.25) is 5.91 Å². The summed E-state index contributed by atoms with van der Waals surface area (Å²) in [6.45, 7) is 11.0. The van der Waals surface area contributed by atoms with Crippen molar-refractivity contribution in [2.45, 2.75) is 111 Å². The summed E-state index contributed by atoms with van der Waals surface area (Å²) in [5.41, 5.74) is 0. The summed E-state index contributed by atoms with van der Waals surface area (Å²) < 4.78 is 0.981. The van der Waals surface area contributed by atoms with E-state index in [-0.39, 0.29) is 5.91 Å². The molecule has 0 fully saturated rings. The fraction of sp³-hybridized carbons (Fsp3) is 0.846. The molecule has 0 aromatic rings. The molecule has 1 aliphatic rings. The Hall–Kier alpha value is -1.16. The average molecular weight is 421 g/mol. The maximum absolute atomic E-state index is 11.2. The molecule has 1 amide bonds. The van der Waals surface area contributed by atoms with Gasteiger partial charge in [-0.3, -0.25) is 9.28 Å². The van der Waals surface area contributed by atoms with E-state index in [0.717, 1.165) is 43.6 Å². The van der Waals surface area contributed by atoms with Crippen molar-refractivity contribution in [1.29, 1.82) is 0 Å². The molecule has 4 heteroatoms. The predicted octanol–water partition coefficient (Wildman–Crippen LogP) is 6.41. The van der Waals surface area contributed by atoms with Crippen molar-refractivity contribution in [3.8, 4) is 0 Å². The van der Waals surface area contributed by atoms with E-state index in [1.807, 2.05) is 0 Å². The van der Waals surface area contributed by atoms with Gasteiger partial charge in [0, 0.05) is 13.3 Å². The number of quaternary nitrogens is 1. The first-order chi connectivity index (χ1) is 14.6. The van der Waals surface area contributed by atoms with Crippen molar-refractivity contribution in [2.24, 2.45) is 4.99 Å². The zero-order valence-corrected chi connectivity index (χ0v) is 20.4. The number of allylic oxidation sites excluding steroid dienone is 2. The third kappa shape index (κ3) is 11.9. The van der Waals surface area contributed by atoms with E-state index >= 15 is 0 Å². The van der Waals surface area contributed by atoms with Crippen molar-refractivity contribution in [2.75, 3.05) is 32.7 Å². The van der Waals surface area contributed by atoms with Crippen molar-refractivity contribution >= 4 is 11.7 Å². The summed E-state index contributed by atoms with van der Waals surface area (Å²) in [5.74, 6) is 1.43. The van der Waals surface area contributed by atoms with E-state index in [1.165, 1.54) is 89.3 Å². The minimum absolute atomic E-state index is 0.0659. The van der Waals surface area contributed by atoms with Crippen LogP contribution in [-0.2, 0) is 4.79 Å². The van der Waals surface area contributed by atoms with Crippen LogP contribution in [0.2, 0.25) is 0 Å². The van der Waals surface area contributed by atoms with E-state index < -0.39 is 0 Å². The molecular weight excluding hydrogens is 370 g/mol. The lowest BCUT2D eigenvalue weighted by Crippen LogP contribution is -2.54. The summed E-state index contributed by atoms with van der Waals surface area (Å²) in [5, 5.41) is 2.96. The van der Waals surface area contributed by atoms with Crippen LogP contribution >= 0.6 is 0 Å². The van der Waals surface area contributed by atoms with Gasteiger partial charge in [0.25, 0.3) is 0 Å². The highest BCUT2D eigenvalue weighted by atomic mass is 16.1. The number of unbranched alkanes of at least 4 members (excludes halogenated alkanes) is 11. The molecule has 0 saturated heterocycles. The third-order valence-electron chi connectivity index (χ3n) is 6.55. The number of amides is 1. The molecule has 1 aliphatic heterocycles. The Bertz CT molecular complexity index is 501. The van der Waals surface area contributed by atoms with Gasteiger partial charge in [-0.25, -0.2) is 4.99 Å². The van der Waals surface area contributed by atoms with Gasteiger partial charge in [-0.2, -0.15) is 0 Å². The quantitative estimate of drug-likeness (QED) is 0.146. The SMILES string of the molecule is CCCCCCCCCCC/C=C/CCCCC1=NCC[N+]1(CC)CCNC(C)=O. The molecule has 1 heterocycles. The molecule has 1 rings (SSSR count). The van der Waals surface area contributed by atoms with Crippen LogP contribution in [0.3, 0.4) is 0 Å². The van der Waals surface area contributed by atoms with Crippen LogP contribution in [0.15, 0.2) is 17.1 Å². The highest BCUT2D eigenvalue weighted by Gasteiger charge is 2.35. The molecule has 0 bridgehead atoms. The maximum Gasteiger partial charge on any atom is 0.217 e. The van der Waals surface area contributed by atoms with Crippen LogP contribution in [0.1, 0.15) is 111 Å². The second kappa shape index (κ2) is 17.5. The lowest BCUT2D eigenvalue weighted by atomic mass is 10.1. The van der Waals surface area contributed by atoms with Gasteiger partial charge in [0.1, 0.15) is 13.1 Å². The topological polar surface area (TPSA) is 41.5 Å². The number of nitrogens with zero attached hydrogens (tertiary/aromatic N) is 2. The first kappa shape index (κ1) is 26.9. The number of hydrogen-bond acceptors (Lipinski definition) is 2. The van der Waals surface area contributed by atoms with Crippen molar-refractivity contribution in [3.63, 3.8) is 0 Å².